The Morgan fingerprint density at radius 1 is 1.04 bits per heavy atom. The Balaban J connectivity index is 2.30. The molecule has 0 aromatic heterocycles. The number of hydrogen-bond acceptors (Lipinski definition) is 3. The molecule has 2 atom stereocenters. The molecule has 1 N–H and O–H groups in total. The van der Waals surface area contributed by atoms with Crippen LogP contribution in [0.3, 0.4) is 0 Å². The van der Waals surface area contributed by atoms with Gasteiger partial charge in [-0.1, -0.05) is 29.8 Å². The van der Waals surface area contributed by atoms with Crippen LogP contribution >= 0.6 is 11.6 Å². The summed E-state index contributed by atoms with van der Waals surface area (Å²) in [5.41, 5.74) is 4.78. The summed E-state index contributed by atoms with van der Waals surface area (Å²) in [5, 5.41) is 3.34. The van der Waals surface area contributed by atoms with E-state index in [0.717, 1.165) is 27.3 Å². The van der Waals surface area contributed by atoms with Crippen molar-refractivity contribution in [3.05, 3.63) is 63.7 Å². The van der Waals surface area contributed by atoms with Crippen molar-refractivity contribution in [3.8, 4) is 0 Å². The molecule has 0 fully saturated rings. The van der Waals surface area contributed by atoms with Crippen molar-refractivity contribution in [3.63, 3.8) is 0 Å². The number of carbonyl (C=O) groups excluding carboxylic acids is 1. The van der Waals surface area contributed by atoms with Gasteiger partial charge in [-0.05, 0) is 75.1 Å². The lowest BCUT2D eigenvalue weighted by molar-refractivity contribution is -0.122. The number of hydrogen-bond donors (Lipinski definition) is 1. The highest BCUT2D eigenvalue weighted by molar-refractivity contribution is 7.92. The lowest BCUT2D eigenvalue weighted by Crippen LogP contribution is -2.48. The lowest BCUT2D eigenvalue weighted by atomic mass is 9.96. The number of benzene rings is 2. The molecule has 5 nitrogen and oxygen atoms in total. The van der Waals surface area contributed by atoms with Crippen LogP contribution in [0.4, 0.5) is 5.69 Å². The van der Waals surface area contributed by atoms with Gasteiger partial charge in [-0.2, -0.15) is 0 Å². The predicted molar refractivity (Wildman–Crippen MR) is 115 cm³/mol. The highest BCUT2D eigenvalue weighted by Gasteiger charge is 2.30. The number of nitrogens with one attached hydrogen (secondary N) is 1. The molecule has 0 radical (unpaired) electrons. The second kappa shape index (κ2) is 8.53. The number of carbonyl (C=O) groups is 1. The molecule has 2 rings (SSSR count). The van der Waals surface area contributed by atoms with Crippen LogP contribution in [0.15, 0.2) is 36.4 Å². The lowest BCUT2D eigenvalue weighted by Gasteiger charge is -2.29. The fourth-order valence-corrected chi connectivity index (χ4v) is 4.63. The van der Waals surface area contributed by atoms with E-state index in [1.807, 2.05) is 27.7 Å². The zero-order valence-corrected chi connectivity index (χ0v) is 18.6. The topological polar surface area (TPSA) is 66.5 Å². The van der Waals surface area contributed by atoms with Crippen molar-refractivity contribution < 1.29 is 13.2 Å². The molecule has 1 amide bonds. The van der Waals surface area contributed by atoms with Crippen LogP contribution < -0.4 is 9.62 Å². The SMILES string of the molecule is Cc1cc(C)c([C@@H](C)NC(=O)[C@@H](C)N(c2cccc(Cl)c2)S(C)(=O)=O)cc1C. The summed E-state index contributed by atoms with van der Waals surface area (Å²) in [6, 6.07) is 9.42. The molecule has 0 aliphatic heterocycles. The monoisotopic (exact) mass is 422 g/mol. The van der Waals surface area contributed by atoms with Gasteiger partial charge < -0.3 is 5.32 Å². The molecular formula is C21H27ClN2O3S. The largest absolute Gasteiger partial charge is 0.348 e. The number of rotatable bonds is 6. The maximum Gasteiger partial charge on any atom is 0.244 e. The third-order valence-electron chi connectivity index (χ3n) is 4.86. The summed E-state index contributed by atoms with van der Waals surface area (Å²) in [4.78, 5) is 12.9. The van der Waals surface area contributed by atoms with Crippen molar-refractivity contribution >= 4 is 33.2 Å². The van der Waals surface area contributed by atoms with Crippen molar-refractivity contribution in [2.45, 2.75) is 46.7 Å². The fourth-order valence-electron chi connectivity index (χ4n) is 3.28. The summed E-state index contributed by atoms with van der Waals surface area (Å²) in [6.07, 6.45) is 1.08. The van der Waals surface area contributed by atoms with Crippen LogP contribution in [0, 0.1) is 20.8 Å². The Labute approximate surface area is 172 Å². The molecule has 0 saturated carbocycles. The summed E-state index contributed by atoms with van der Waals surface area (Å²) in [6.45, 7) is 9.54. The molecule has 28 heavy (non-hydrogen) atoms. The van der Waals surface area contributed by atoms with Gasteiger partial charge in [0.2, 0.25) is 15.9 Å². The fraction of sp³-hybridized carbons (Fsp3) is 0.381. The summed E-state index contributed by atoms with van der Waals surface area (Å²) < 4.78 is 25.9. The summed E-state index contributed by atoms with van der Waals surface area (Å²) in [7, 11) is -3.69. The standard InChI is InChI=1S/C21H27ClN2O3S/c1-13-10-15(3)20(11-14(13)2)16(4)23-21(25)17(5)24(28(6,26)27)19-9-7-8-18(22)12-19/h7-12,16-17H,1-6H3,(H,23,25)/t16-,17-/m1/s1. The third kappa shape index (κ3) is 5.06. The summed E-state index contributed by atoms with van der Waals surface area (Å²) >= 11 is 6.01. The molecular weight excluding hydrogens is 396 g/mol. The van der Waals surface area contributed by atoms with Gasteiger partial charge in [-0.25, -0.2) is 8.42 Å². The van der Waals surface area contributed by atoms with E-state index in [1.165, 1.54) is 11.6 Å². The van der Waals surface area contributed by atoms with E-state index in [0.29, 0.717) is 10.7 Å². The first-order valence-corrected chi connectivity index (χ1v) is 11.3. The van der Waals surface area contributed by atoms with Gasteiger partial charge in [0.1, 0.15) is 6.04 Å². The molecule has 7 heteroatoms. The second-order valence-electron chi connectivity index (χ2n) is 7.24. The highest BCUT2D eigenvalue weighted by atomic mass is 35.5. The van der Waals surface area contributed by atoms with Crippen LogP contribution in [0.2, 0.25) is 5.02 Å². The number of nitrogens with zero attached hydrogens (tertiary/aromatic N) is 1. The molecule has 2 aromatic carbocycles. The van der Waals surface area contributed by atoms with E-state index < -0.39 is 16.1 Å². The highest BCUT2D eigenvalue weighted by Crippen LogP contribution is 2.25. The second-order valence-corrected chi connectivity index (χ2v) is 9.53. The Morgan fingerprint density at radius 3 is 2.21 bits per heavy atom. The van der Waals surface area contributed by atoms with E-state index >= 15 is 0 Å². The van der Waals surface area contributed by atoms with Gasteiger partial charge >= 0.3 is 0 Å². The Bertz CT molecular complexity index is 989. The first-order valence-electron chi connectivity index (χ1n) is 9.05. The molecule has 0 spiro atoms. The van der Waals surface area contributed by atoms with Crippen LogP contribution in [0.1, 0.15) is 42.1 Å². The molecule has 0 aliphatic carbocycles. The van der Waals surface area contributed by atoms with Crippen LogP contribution in [-0.2, 0) is 14.8 Å². The van der Waals surface area contributed by atoms with E-state index in [2.05, 4.69) is 17.4 Å². The average molecular weight is 423 g/mol. The van der Waals surface area contributed by atoms with E-state index in [-0.39, 0.29) is 11.9 Å². The first-order chi connectivity index (χ1) is 12.9. The minimum absolute atomic E-state index is 0.255. The van der Waals surface area contributed by atoms with Crippen molar-refractivity contribution in [1.82, 2.24) is 5.32 Å². The van der Waals surface area contributed by atoms with Crippen molar-refractivity contribution in [2.75, 3.05) is 10.6 Å². The quantitative estimate of drug-likeness (QED) is 0.754. The molecule has 152 valence electrons. The Morgan fingerprint density at radius 2 is 1.64 bits per heavy atom. The van der Waals surface area contributed by atoms with E-state index in [1.54, 1.807) is 25.1 Å². The van der Waals surface area contributed by atoms with Gasteiger partial charge in [0.15, 0.2) is 0 Å². The molecule has 0 saturated heterocycles. The van der Waals surface area contributed by atoms with Gasteiger partial charge in [-0.3, -0.25) is 9.10 Å². The summed E-state index contributed by atoms with van der Waals surface area (Å²) in [5.74, 6) is -0.379. The zero-order valence-electron chi connectivity index (χ0n) is 17.1. The average Bonchev–Trinajstić information content (AvgIpc) is 2.56. The number of anilines is 1. The normalized spacial score (nSPS) is 13.7. The maximum absolute atomic E-state index is 12.9. The molecule has 0 bridgehead atoms. The third-order valence-corrected chi connectivity index (χ3v) is 6.34. The smallest absolute Gasteiger partial charge is 0.244 e. The first kappa shape index (κ1) is 22.2. The number of aryl methyl sites for hydroxylation is 3. The van der Waals surface area contributed by atoms with Crippen LogP contribution in [0.25, 0.3) is 0 Å². The van der Waals surface area contributed by atoms with Gasteiger partial charge in [-0.15, -0.1) is 0 Å². The van der Waals surface area contributed by atoms with E-state index in [9.17, 15) is 13.2 Å². The van der Waals surface area contributed by atoms with Crippen molar-refractivity contribution in [2.24, 2.45) is 0 Å². The molecule has 0 aliphatic rings. The number of halogens is 1. The maximum atomic E-state index is 12.9. The van der Waals surface area contributed by atoms with E-state index in [4.69, 9.17) is 11.6 Å². The Hall–Kier alpha value is -2.05. The van der Waals surface area contributed by atoms with Gasteiger partial charge in [0, 0.05) is 5.02 Å². The van der Waals surface area contributed by atoms with Gasteiger partial charge in [0.25, 0.3) is 0 Å². The molecule has 0 heterocycles. The van der Waals surface area contributed by atoms with Gasteiger partial charge in [0.05, 0.1) is 18.0 Å². The molecule has 0 unspecified atom stereocenters. The zero-order chi connectivity index (χ0) is 21.2. The number of sulfonamides is 1. The van der Waals surface area contributed by atoms with Crippen LogP contribution in [0.5, 0.6) is 0 Å². The Kier molecular flexibility index (Phi) is 6.78. The predicted octanol–water partition coefficient (Wildman–Crippen LogP) is 4.30. The van der Waals surface area contributed by atoms with Crippen LogP contribution in [-0.4, -0.2) is 26.6 Å². The number of amides is 1. The van der Waals surface area contributed by atoms with Crippen molar-refractivity contribution in [1.29, 1.82) is 0 Å². The minimum atomic E-state index is -3.69. The molecule has 2 aromatic rings. The minimum Gasteiger partial charge on any atom is -0.348 e.